The van der Waals surface area contributed by atoms with E-state index in [1.54, 1.807) is 13.2 Å². The largest absolute Gasteiger partial charge is 0.481 e. The monoisotopic (exact) mass is 273 g/mol. The summed E-state index contributed by atoms with van der Waals surface area (Å²) in [6.07, 6.45) is 1.64. The Kier molecular flexibility index (Phi) is 4.58. The average Bonchev–Trinajstić information content (AvgIpc) is 2.93. The van der Waals surface area contributed by atoms with Crippen LogP contribution in [0.4, 0.5) is 0 Å². The lowest BCUT2D eigenvalue weighted by Crippen LogP contribution is -2.32. The Morgan fingerprint density at radius 3 is 2.50 bits per heavy atom. The van der Waals surface area contributed by atoms with E-state index in [4.69, 9.17) is 9.52 Å². The second-order valence-electron chi connectivity index (χ2n) is 5.01. The van der Waals surface area contributed by atoms with Gasteiger partial charge in [0.25, 0.3) is 0 Å². The van der Waals surface area contributed by atoms with Crippen molar-refractivity contribution >= 4 is 5.97 Å². The first kappa shape index (κ1) is 14.3. The van der Waals surface area contributed by atoms with Gasteiger partial charge in [0.05, 0.1) is 18.2 Å². The van der Waals surface area contributed by atoms with Crippen molar-refractivity contribution < 1.29 is 14.3 Å². The minimum Gasteiger partial charge on any atom is -0.481 e. The van der Waals surface area contributed by atoms with Gasteiger partial charge in [0.2, 0.25) is 0 Å². The molecule has 2 aromatic rings. The zero-order chi connectivity index (χ0) is 14.5. The molecule has 0 aliphatic rings. The van der Waals surface area contributed by atoms with Crippen molar-refractivity contribution in [3.8, 4) is 0 Å². The number of aliphatic carboxylic acids is 1. The highest BCUT2D eigenvalue weighted by Crippen LogP contribution is 2.28. The second-order valence-corrected chi connectivity index (χ2v) is 5.01. The van der Waals surface area contributed by atoms with E-state index < -0.39 is 11.9 Å². The van der Waals surface area contributed by atoms with Crippen LogP contribution in [0.2, 0.25) is 0 Å². The van der Waals surface area contributed by atoms with Crippen molar-refractivity contribution in [3.05, 3.63) is 60.1 Å². The molecule has 0 aliphatic heterocycles. The van der Waals surface area contributed by atoms with Gasteiger partial charge in [0.1, 0.15) is 5.76 Å². The van der Waals surface area contributed by atoms with Gasteiger partial charge in [-0.25, -0.2) is 0 Å². The van der Waals surface area contributed by atoms with E-state index in [1.807, 2.05) is 54.4 Å². The van der Waals surface area contributed by atoms with E-state index in [2.05, 4.69) is 0 Å². The van der Waals surface area contributed by atoms with Gasteiger partial charge in [0, 0.05) is 6.54 Å². The number of carboxylic acid groups (broad SMARTS) is 1. The quantitative estimate of drug-likeness (QED) is 0.879. The Labute approximate surface area is 118 Å². The normalized spacial score (nSPS) is 14.2. The Morgan fingerprint density at radius 1 is 1.25 bits per heavy atom. The van der Waals surface area contributed by atoms with Crippen molar-refractivity contribution in [3.63, 3.8) is 0 Å². The third-order valence-electron chi connectivity index (χ3n) is 3.35. The van der Waals surface area contributed by atoms with Crippen LogP contribution in [0.15, 0.2) is 53.1 Å². The number of carboxylic acids is 1. The maximum atomic E-state index is 11.0. The third-order valence-corrected chi connectivity index (χ3v) is 3.35. The maximum Gasteiger partial charge on any atom is 0.307 e. The van der Waals surface area contributed by atoms with E-state index >= 15 is 0 Å². The van der Waals surface area contributed by atoms with Crippen molar-refractivity contribution in [2.75, 3.05) is 13.6 Å². The van der Waals surface area contributed by atoms with Gasteiger partial charge in [-0.3, -0.25) is 9.69 Å². The van der Waals surface area contributed by atoms with E-state index in [0.29, 0.717) is 6.54 Å². The Balaban J connectivity index is 2.26. The minimum absolute atomic E-state index is 0.0759. The van der Waals surface area contributed by atoms with E-state index in [-0.39, 0.29) is 6.04 Å². The molecule has 0 fully saturated rings. The van der Waals surface area contributed by atoms with Gasteiger partial charge < -0.3 is 9.52 Å². The highest BCUT2D eigenvalue weighted by molar-refractivity contribution is 5.69. The molecule has 0 saturated carbocycles. The Bertz CT molecular complexity index is 536. The molecule has 20 heavy (non-hydrogen) atoms. The lowest BCUT2D eigenvalue weighted by Gasteiger charge is -2.28. The molecule has 4 heteroatoms. The molecule has 1 aromatic carbocycles. The first-order chi connectivity index (χ1) is 9.59. The molecule has 1 aromatic heterocycles. The number of furan rings is 1. The molecule has 2 atom stereocenters. The molecule has 4 nitrogen and oxygen atoms in total. The van der Waals surface area contributed by atoms with Crippen LogP contribution in [0.1, 0.15) is 24.3 Å². The summed E-state index contributed by atoms with van der Waals surface area (Å²) in [5.74, 6) is -0.402. The van der Waals surface area contributed by atoms with Crippen molar-refractivity contribution in [1.82, 2.24) is 4.90 Å². The van der Waals surface area contributed by atoms with Gasteiger partial charge in [-0.1, -0.05) is 37.3 Å². The van der Waals surface area contributed by atoms with Crippen LogP contribution in [0.25, 0.3) is 0 Å². The fourth-order valence-electron chi connectivity index (χ4n) is 2.33. The standard InChI is InChI=1S/C16H19NO3/c1-12(16(18)19)11-17(2)15(14-9-6-10-20-14)13-7-4-3-5-8-13/h3-10,12,15H,11H2,1-2H3,(H,18,19). The molecule has 1 heterocycles. The zero-order valence-corrected chi connectivity index (χ0v) is 11.7. The van der Waals surface area contributed by atoms with Crippen LogP contribution in [0.3, 0.4) is 0 Å². The van der Waals surface area contributed by atoms with Crippen molar-refractivity contribution in [2.24, 2.45) is 5.92 Å². The maximum absolute atomic E-state index is 11.0. The fourth-order valence-corrected chi connectivity index (χ4v) is 2.33. The Hall–Kier alpha value is -2.07. The molecule has 0 radical (unpaired) electrons. The second kappa shape index (κ2) is 6.39. The zero-order valence-electron chi connectivity index (χ0n) is 11.7. The van der Waals surface area contributed by atoms with E-state index in [9.17, 15) is 4.79 Å². The molecule has 0 spiro atoms. The number of carbonyl (C=O) groups is 1. The molecule has 106 valence electrons. The Morgan fingerprint density at radius 2 is 1.95 bits per heavy atom. The molecule has 0 bridgehead atoms. The van der Waals surface area contributed by atoms with Gasteiger partial charge >= 0.3 is 5.97 Å². The van der Waals surface area contributed by atoms with Crippen molar-refractivity contribution in [2.45, 2.75) is 13.0 Å². The summed E-state index contributed by atoms with van der Waals surface area (Å²) in [6, 6.07) is 13.6. The fraction of sp³-hybridized carbons (Fsp3) is 0.312. The topological polar surface area (TPSA) is 53.7 Å². The van der Waals surface area contributed by atoms with Gasteiger partial charge in [-0.15, -0.1) is 0 Å². The summed E-state index contributed by atoms with van der Waals surface area (Å²) in [4.78, 5) is 13.0. The van der Waals surface area contributed by atoms with Gasteiger partial charge in [0.15, 0.2) is 0 Å². The summed E-state index contributed by atoms with van der Waals surface area (Å²) in [5, 5.41) is 9.06. The minimum atomic E-state index is -0.789. The molecular weight excluding hydrogens is 254 g/mol. The molecule has 1 N–H and O–H groups in total. The number of nitrogens with zero attached hydrogens (tertiary/aromatic N) is 1. The summed E-state index contributed by atoms with van der Waals surface area (Å²) in [5.41, 5.74) is 1.09. The van der Waals surface area contributed by atoms with Gasteiger partial charge in [-0.05, 0) is 24.7 Å². The molecule has 2 rings (SSSR count). The molecule has 0 aliphatic carbocycles. The van der Waals surface area contributed by atoms with Crippen LogP contribution < -0.4 is 0 Å². The average molecular weight is 273 g/mol. The number of benzene rings is 1. The lowest BCUT2D eigenvalue weighted by atomic mass is 10.0. The van der Waals surface area contributed by atoms with Crippen LogP contribution in [-0.2, 0) is 4.79 Å². The first-order valence-corrected chi connectivity index (χ1v) is 6.61. The van der Waals surface area contributed by atoms with Crippen molar-refractivity contribution in [1.29, 1.82) is 0 Å². The number of hydrogen-bond donors (Lipinski definition) is 1. The van der Waals surface area contributed by atoms with Crippen LogP contribution >= 0.6 is 0 Å². The number of hydrogen-bond acceptors (Lipinski definition) is 3. The SMILES string of the molecule is CC(CN(C)C(c1ccccc1)c1ccco1)C(=O)O. The molecule has 2 unspecified atom stereocenters. The summed E-state index contributed by atoms with van der Waals surface area (Å²) in [6.45, 7) is 2.17. The van der Waals surface area contributed by atoms with E-state index in [0.717, 1.165) is 11.3 Å². The first-order valence-electron chi connectivity index (χ1n) is 6.61. The predicted molar refractivity (Wildman–Crippen MR) is 76.4 cm³/mol. The molecular formula is C16H19NO3. The number of rotatable bonds is 6. The van der Waals surface area contributed by atoms with E-state index in [1.165, 1.54) is 0 Å². The summed E-state index contributed by atoms with van der Waals surface area (Å²) >= 11 is 0. The molecule has 0 saturated heterocycles. The highest BCUT2D eigenvalue weighted by Gasteiger charge is 2.24. The molecule has 0 amide bonds. The summed E-state index contributed by atoms with van der Waals surface area (Å²) in [7, 11) is 1.92. The lowest BCUT2D eigenvalue weighted by molar-refractivity contribution is -0.141. The van der Waals surface area contributed by atoms with Crippen LogP contribution in [0, 0.1) is 5.92 Å². The predicted octanol–water partition coefficient (Wildman–Crippen LogP) is 3.02. The van der Waals surface area contributed by atoms with Crippen LogP contribution in [-0.4, -0.2) is 29.6 Å². The van der Waals surface area contributed by atoms with Gasteiger partial charge in [-0.2, -0.15) is 0 Å². The third kappa shape index (κ3) is 3.27. The smallest absolute Gasteiger partial charge is 0.307 e. The van der Waals surface area contributed by atoms with Crippen LogP contribution in [0.5, 0.6) is 0 Å². The highest BCUT2D eigenvalue weighted by atomic mass is 16.4. The summed E-state index contributed by atoms with van der Waals surface area (Å²) < 4.78 is 5.52.